The standard InChI is InChI=1S/C22H21ClN2O6/c1-12-4-6-15(10-17(12)23)25-11-14(9-19(25)26)20(27)24-18-8-13(21(28)30-2)5-7-16(18)22(29)31-3/h4-8,10,14H,9,11H2,1-3H3,(H,24,27). The Morgan fingerprint density at radius 1 is 1.06 bits per heavy atom. The first kappa shape index (κ1) is 22.3. The minimum absolute atomic E-state index is 0.00157. The van der Waals surface area contributed by atoms with E-state index < -0.39 is 23.8 Å². The summed E-state index contributed by atoms with van der Waals surface area (Å²) in [4.78, 5) is 50.8. The lowest BCUT2D eigenvalue weighted by molar-refractivity contribution is -0.122. The van der Waals surface area contributed by atoms with Gasteiger partial charge in [0.1, 0.15) is 0 Å². The third kappa shape index (κ3) is 4.69. The molecule has 8 nitrogen and oxygen atoms in total. The monoisotopic (exact) mass is 444 g/mol. The molecule has 0 saturated carbocycles. The van der Waals surface area contributed by atoms with Gasteiger partial charge in [-0.1, -0.05) is 17.7 Å². The molecule has 0 bridgehead atoms. The van der Waals surface area contributed by atoms with Gasteiger partial charge in [-0.05, 0) is 42.8 Å². The number of nitrogens with zero attached hydrogens (tertiary/aromatic N) is 1. The fourth-order valence-corrected chi connectivity index (χ4v) is 3.47. The summed E-state index contributed by atoms with van der Waals surface area (Å²) in [6.07, 6.45) is 0.00157. The predicted molar refractivity (Wildman–Crippen MR) is 114 cm³/mol. The fourth-order valence-electron chi connectivity index (χ4n) is 3.30. The Kier molecular flexibility index (Phi) is 6.60. The largest absolute Gasteiger partial charge is 0.465 e. The molecule has 2 aromatic carbocycles. The minimum atomic E-state index is -0.676. The Hall–Kier alpha value is -3.39. The lowest BCUT2D eigenvalue weighted by Gasteiger charge is -2.18. The van der Waals surface area contributed by atoms with Crippen molar-refractivity contribution in [1.29, 1.82) is 0 Å². The van der Waals surface area contributed by atoms with Crippen molar-refractivity contribution in [2.45, 2.75) is 13.3 Å². The minimum Gasteiger partial charge on any atom is -0.465 e. The number of carbonyl (C=O) groups is 4. The second-order valence-electron chi connectivity index (χ2n) is 7.07. The van der Waals surface area contributed by atoms with Crippen molar-refractivity contribution in [2.75, 3.05) is 31.0 Å². The summed E-state index contributed by atoms with van der Waals surface area (Å²) in [5.74, 6) is -2.62. The summed E-state index contributed by atoms with van der Waals surface area (Å²) in [6, 6.07) is 9.37. The summed E-state index contributed by atoms with van der Waals surface area (Å²) < 4.78 is 9.43. The number of esters is 2. The summed E-state index contributed by atoms with van der Waals surface area (Å²) in [6.45, 7) is 2.02. The number of amides is 2. The van der Waals surface area contributed by atoms with E-state index in [0.29, 0.717) is 10.7 Å². The maximum absolute atomic E-state index is 12.9. The Morgan fingerprint density at radius 3 is 2.42 bits per heavy atom. The molecule has 0 aromatic heterocycles. The number of rotatable bonds is 5. The highest BCUT2D eigenvalue weighted by molar-refractivity contribution is 6.31. The van der Waals surface area contributed by atoms with Crippen LogP contribution in [-0.2, 0) is 19.1 Å². The van der Waals surface area contributed by atoms with E-state index in [4.69, 9.17) is 16.3 Å². The van der Waals surface area contributed by atoms with Crippen LogP contribution in [0.25, 0.3) is 0 Å². The van der Waals surface area contributed by atoms with Crippen molar-refractivity contribution in [3.05, 3.63) is 58.1 Å². The van der Waals surface area contributed by atoms with Crippen LogP contribution in [0.3, 0.4) is 0 Å². The molecule has 31 heavy (non-hydrogen) atoms. The molecule has 1 unspecified atom stereocenters. The molecule has 1 N–H and O–H groups in total. The van der Waals surface area contributed by atoms with Gasteiger partial charge in [0.2, 0.25) is 11.8 Å². The molecule has 0 spiro atoms. The molecule has 1 fully saturated rings. The number of nitrogens with one attached hydrogen (secondary N) is 1. The molecule has 1 saturated heterocycles. The quantitative estimate of drug-likeness (QED) is 0.710. The van der Waals surface area contributed by atoms with Crippen LogP contribution >= 0.6 is 11.6 Å². The summed E-state index contributed by atoms with van der Waals surface area (Å²) in [5, 5.41) is 3.18. The van der Waals surface area contributed by atoms with Gasteiger partial charge in [-0.3, -0.25) is 9.59 Å². The molecule has 9 heteroatoms. The van der Waals surface area contributed by atoms with Crippen LogP contribution in [0.1, 0.15) is 32.7 Å². The molecule has 1 atom stereocenters. The van der Waals surface area contributed by atoms with Crippen LogP contribution in [-0.4, -0.2) is 44.5 Å². The average molecular weight is 445 g/mol. The number of methoxy groups -OCH3 is 2. The van der Waals surface area contributed by atoms with E-state index in [1.807, 2.05) is 6.92 Å². The van der Waals surface area contributed by atoms with Gasteiger partial charge >= 0.3 is 11.9 Å². The van der Waals surface area contributed by atoms with E-state index in [0.717, 1.165) is 5.56 Å². The van der Waals surface area contributed by atoms with E-state index in [1.54, 1.807) is 18.2 Å². The van der Waals surface area contributed by atoms with Crippen LogP contribution in [0.2, 0.25) is 5.02 Å². The zero-order valence-corrected chi connectivity index (χ0v) is 18.0. The van der Waals surface area contributed by atoms with Crippen LogP contribution in [0.4, 0.5) is 11.4 Å². The van der Waals surface area contributed by atoms with Crippen LogP contribution in [0, 0.1) is 12.8 Å². The highest BCUT2D eigenvalue weighted by Gasteiger charge is 2.35. The maximum Gasteiger partial charge on any atom is 0.339 e. The molecular weight excluding hydrogens is 424 g/mol. The van der Waals surface area contributed by atoms with Crippen LogP contribution in [0.15, 0.2) is 36.4 Å². The van der Waals surface area contributed by atoms with Crippen molar-refractivity contribution < 1.29 is 28.7 Å². The zero-order valence-electron chi connectivity index (χ0n) is 17.2. The average Bonchev–Trinajstić information content (AvgIpc) is 3.16. The van der Waals surface area contributed by atoms with Gasteiger partial charge in [-0.2, -0.15) is 0 Å². The normalized spacial score (nSPS) is 15.5. The van der Waals surface area contributed by atoms with E-state index in [1.165, 1.54) is 37.3 Å². The Labute approximate surface area is 184 Å². The molecule has 3 rings (SSSR count). The first-order valence-electron chi connectivity index (χ1n) is 9.43. The molecular formula is C22H21ClN2O6. The Bertz CT molecular complexity index is 1070. The number of halogens is 1. The molecule has 1 aliphatic heterocycles. The van der Waals surface area contributed by atoms with E-state index in [-0.39, 0.29) is 35.7 Å². The highest BCUT2D eigenvalue weighted by atomic mass is 35.5. The smallest absolute Gasteiger partial charge is 0.339 e. The van der Waals surface area contributed by atoms with Crippen LogP contribution in [0.5, 0.6) is 0 Å². The van der Waals surface area contributed by atoms with Crippen molar-refractivity contribution in [3.63, 3.8) is 0 Å². The van der Waals surface area contributed by atoms with Crippen molar-refractivity contribution >= 4 is 46.7 Å². The lowest BCUT2D eigenvalue weighted by atomic mass is 10.1. The van der Waals surface area contributed by atoms with Crippen molar-refractivity contribution in [1.82, 2.24) is 0 Å². The Balaban J connectivity index is 1.82. The first-order valence-corrected chi connectivity index (χ1v) is 9.81. The van der Waals surface area contributed by atoms with E-state index in [2.05, 4.69) is 10.1 Å². The van der Waals surface area contributed by atoms with Gasteiger partial charge < -0.3 is 19.7 Å². The number of aryl methyl sites for hydroxylation is 1. The molecule has 2 aromatic rings. The SMILES string of the molecule is COC(=O)c1ccc(C(=O)OC)c(NC(=O)C2CC(=O)N(c3ccc(C)c(Cl)c3)C2)c1. The summed E-state index contributed by atoms with van der Waals surface area (Å²) in [5.41, 5.74) is 1.83. The number of hydrogen-bond acceptors (Lipinski definition) is 6. The lowest BCUT2D eigenvalue weighted by Crippen LogP contribution is -2.28. The van der Waals surface area contributed by atoms with Gasteiger partial charge in [-0.25, -0.2) is 9.59 Å². The summed E-state index contributed by atoms with van der Waals surface area (Å²) in [7, 11) is 2.44. The molecule has 1 heterocycles. The first-order chi connectivity index (χ1) is 14.7. The van der Waals surface area contributed by atoms with Gasteiger partial charge in [-0.15, -0.1) is 0 Å². The third-order valence-electron chi connectivity index (χ3n) is 5.07. The van der Waals surface area contributed by atoms with E-state index in [9.17, 15) is 19.2 Å². The fraction of sp³-hybridized carbons (Fsp3) is 0.273. The molecule has 1 aliphatic rings. The van der Waals surface area contributed by atoms with Crippen LogP contribution < -0.4 is 10.2 Å². The topological polar surface area (TPSA) is 102 Å². The highest BCUT2D eigenvalue weighted by Crippen LogP contribution is 2.30. The number of anilines is 2. The second-order valence-corrected chi connectivity index (χ2v) is 7.48. The van der Waals surface area contributed by atoms with Crippen molar-refractivity contribution in [2.24, 2.45) is 5.92 Å². The number of ether oxygens (including phenoxy) is 2. The molecule has 2 amide bonds. The van der Waals surface area contributed by atoms with Gasteiger partial charge in [0.15, 0.2) is 0 Å². The molecule has 0 aliphatic carbocycles. The maximum atomic E-state index is 12.9. The van der Waals surface area contributed by atoms with Gasteiger partial charge in [0.25, 0.3) is 0 Å². The Morgan fingerprint density at radius 2 is 1.77 bits per heavy atom. The van der Waals surface area contributed by atoms with Crippen molar-refractivity contribution in [3.8, 4) is 0 Å². The predicted octanol–water partition coefficient (Wildman–Crippen LogP) is 3.21. The summed E-state index contributed by atoms with van der Waals surface area (Å²) >= 11 is 6.16. The van der Waals surface area contributed by atoms with E-state index >= 15 is 0 Å². The molecule has 162 valence electrons. The van der Waals surface area contributed by atoms with Gasteiger partial charge in [0.05, 0.1) is 37.0 Å². The number of carbonyl (C=O) groups excluding carboxylic acids is 4. The molecule has 0 radical (unpaired) electrons. The van der Waals surface area contributed by atoms with Gasteiger partial charge in [0, 0.05) is 23.7 Å². The number of benzene rings is 2. The zero-order chi connectivity index (χ0) is 22.7. The number of hydrogen-bond donors (Lipinski definition) is 1. The third-order valence-corrected chi connectivity index (χ3v) is 5.47. The second kappa shape index (κ2) is 9.18.